The van der Waals surface area contributed by atoms with Crippen molar-refractivity contribution in [1.82, 2.24) is 0 Å². The Labute approximate surface area is 125 Å². The molecule has 1 aromatic carbocycles. The van der Waals surface area contributed by atoms with E-state index in [0.717, 1.165) is 0 Å². The molecule has 7 heteroatoms. The summed E-state index contributed by atoms with van der Waals surface area (Å²) in [5.74, 6) is -0.223. The second kappa shape index (κ2) is 7.99. The minimum atomic E-state index is -4.24. The Morgan fingerprint density at radius 3 is 2.05 bits per heavy atom. The fourth-order valence-corrected chi connectivity index (χ4v) is 1.80. The van der Waals surface area contributed by atoms with Gasteiger partial charge in [-0.2, -0.15) is 8.42 Å². The second-order valence-electron chi connectivity index (χ2n) is 4.28. The van der Waals surface area contributed by atoms with Crippen LogP contribution in [-0.2, 0) is 19.6 Å². The van der Waals surface area contributed by atoms with E-state index in [2.05, 4.69) is 0 Å². The lowest BCUT2D eigenvalue weighted by Gasteiger charge is -2.24. The molecule has 21 heavy (non-hydrogen) atoms. The van der Waals surface area contributed by atoms with Gasteiger partial charge >= 0.3 is 5.97 Å². The molecule has 1 aromatic rings. The van der Waals surface area contributed by atoms with E-state index in [-0.39, 0.29) is 11.5 Å². The average Bonchev–Trinajstić information content (AvgIpc) is 2.40. The third kappa shape index (κ3) is 6.14. The first-order valence-corrected chi connectivity index (χ1v) is 8.04. The molecular formula is C14H22O6S. The molecule has 0 fully saturated rings. The number of esters is 1. The highest BCUT2D eigenvalue weighted by molar-refractivity contribution is 7.85. The molecule has 0 unspecified atom stereocenters. The molecule has 6 nitrogen and oxygen atoms in total. The molecular weight excluding hydrogens is 296 g/mol. The molecule has 0 aliphatic carbocycles. The maximum absolute atomic E-state index is 11.6. The van der Waals surface area contributed by atoms with Crippen LogP contribution in [0.3, 0.4) is 0 Å². The normalized spacial score (nSPS) is 11.1. The summed E-state index contributed by atoms with van der Waals surface area (Å²) in [5, 5.41) is 0. The Bertz CT molecular complexity index is 545. The minimum absolute atomic E-state index is 0.242. The van der Waals surface area contributed by atoms with Crippen molar-refractivity contribution in [3.05, 3.63) is 24.3 Å². The zero-order chi connectivity index (χ0) is 16.7. The molecule has 0 atom stereocenters. The van der Waals surface area contributed by atoms with Crippen LogP contribution in [-0.4, -0.2) is 31.1 Å². The summed E-state index contributed by atoms with van der Waals surface area (Å²) >= 11 is 0. The molecule has 120 valence electrons. The van der Waals surface area contributed by atoms with Gasteiger partial charge in [-0.3, -0.25) is 4.55 Å². The molecule has 0 radical (unpaired) electrons. The summed E-state index contributed by atoms with van der Waals surface area (Å²) in [5.41, 5.74) is -1.18. The Morgan fingerprint density at radius 2 is 1.67 bits per heavy atom. The Balaban J connectivity index is 0.00000191. The van der Waals surface area contributed by atoms with Gasteiger partial charge in [0.25, 0.3) is 10.1 Å². The molecule has 1 N–H and O–H groups in total. The second-order valence-corrected chi connectivity index (χ2v) is 5.70. The van der Waals surface area contributed by atoms with Gasteiger partial charge in [0.15, 0.2) is 5.60 Å². The lowest BCUT2D eigenvalue weighted by atomic mass is 10.1. The molecule has 0 aliphatic rings. The van der Waals surface area contributed by atoms with Crippen LogP contribution in [0, 0.1) is 0 Å². The van der Waals surface area contributed by atoms with Gasteiger partial charge in [-0.1, -0.05) is 13.8 Å². The van der Waals surface area contributed by atoms with Crippen LogP contribution in [0.1, 0.15) is 34.6 Å². The first-order chi connectivity index (χ1) is 9.66. The number of carbonyl (C=O) groups excluding carboxylic acids is 1. The van der Waals surface area contributed by atoms with Gasteiger partial charge in [-0.05, 0) is 45.0 Å². The largest absolute Gasteiger partial charge is 0.476 e. The highest BCUT2D eigenvalue weighted by Gasteiger charge is 2.31. The zero-order valence-corrected chi connectivity index (χ0v) is 13.7. The van der Waals surface area contributed by atoms with Crippen molar-refractivity contribution < 1.29 is 27.2 Å². The van der Waals surface area contributed by atoms with E-state index in [1.54, 1.807) is 20.8 Å². The van der Waals surface area contributed by atoms with Gasteiger partial charge in [0.1, 0.15) is 5.75 Å². The van der Waals surface area contributed by atoms with Crippen LogP contribution < -0.4 is 4.74 Å². The van der Waals surface area contributed by atoms with Crippen molar-refractivity contribution >= 4 is 16.1 Å². The molecule has 0 saturated heterocycles. The highest BCUT2D eigenvalue weighted by atomic mass is 32.2. The SMILES string of the molecule is CC.CCOC(=O)C(C)(C)Oc1ccc(S(=O)(=O)O)cc1. The van der Waals surface area contributed by atoms with Gasteiger partial charge in [-0.25, -0.2) is 4.79 Å². The lowest BCUT2D eigenvalue weighted by Crippen LogP contribution is -2.39. The summed E-state index contributed by atoms with van der Waals surface area (Å²) in [6.07, 6.45) is 0. The third-order valence-corrected chi connectivity index (χ3v) is 3.13. The topological polar surface area (TPSA) is 89.9 Å². The van der Waals surface area contributed by atoms with E-state index in [1.807, 2.05) is 13.8 Å². The fourth-order valence-electron chi connectivity index (χ4n) is 1.32. The van der Waals surface area contributed by atoms with E-state index in [0.29, 0.717) is 5.75 Å². The summed E-state index contributed by atoms with van der Waals surface area (Å²) in [6, 6.07) is 5.08. The summed E-state index contributed by atoms with van der Waals surface area (Å²) in [4.78, 5) is 11.4. The lowest BCUT2D eigenvalue weighted by molar-refractivity contribution is -0.158. The Kier molecular flexibility index (Phi) is 7.38. The van der Waals surface area contributed by atoms with Gasteiger partial charge in [0.2, 0.25) is 0 Å². The van der Waals surface area contributed by atoms with E-state index >= 15 is 0 Å². The van der Waals surface area contributed by atoms with Crippen molar-refractivity contribution in [2.75, 3.05) is 6.61 Å². The van der Waals surface area contributed by atoms with E-state index in [4.69, 9.17) is 14.0 Å². The maximum atomic E-state index is 11.6. The van der Waals surface area contributed by atoms with Crippen molar-refractivity contribution in [3.8, 4) is 5.75 Å². The van der Waals surface area contributed by atoms with Gasteiger partial charge in [0, 0.05) is 0 Å². The number of benzene rings is 1. The predicted molar refractivity (Wildman–Crippen MR) is 78.9 cm³/mol. The van der Waals surface area contributed by atoms with Crippen LogP contribution in [0.2, 0.25) is 0 Å². The number of ether oxygens (including phenoxy) is 2. The maximum Gasteiger partial charge on any atom is 0.349 e. The predicted octanol–water partition coefficient (Wildman–Crippen LogP) is 2.68. The monoisotopic (exact) mass is 318 g/mol. The first kappa shape index (κ1) is 19.4. The number of carbonyl (C=O) groups is 1. The van der Waals surface area contributed by atoms with Crippen molar-refractivity contribution in [3.63, 3.8) is 0 Å². The molecule has 0 spiro atoms. The molecule has 0 bridgehead atoms. The summed E-state index contributed by atoms with van der Waals surface area (Å²) in [6.45, 7) is 9.02. The van der Waals surface area contributed by atoms with Gasteiger partial charge in [0.05, 0.1) is 11.5 Å². The first-order valence-electron chi connectivity index (χ1n) is 6.60. The number of hydrogen-bond acceptors (Lipinski definition) is 5. The van der Waals surface area contributed by atoms with E-state index < -0.39 is 21.7 Å². The van der Waals surface area contributed by atoms with Crippen LogP contribution in [0.5, 0.6) is 5.75 Å². The summed E-state index contributed by atoms with van der Waals surface area (Å²) in [7, 11) is -4.24. The van der Waals surface area contributed by atoms with Gasteiger partial charge in [-0.15, -0.1) is 0 Å². The Morgan fingerprint density at radius 1 is 1.19 bits per heavy atom. The zero-order valence-electron chi connectivity index (χ0n) is 12.9. The number of rotatable bonds is 5. The van der Waals surface area contributed by atoms with Crippen molar-refractivity contribution in [1.29, 1.82) is 0 Å². The van der Waals surface area contributed by atoms with E-state index in [9.17, 15) is 13.2 Å². The van der Waals surface area contributed by atoms with Gasteiger partial charge < -0.3 is 9.47 Å². The Hall–Kier alpha value is -1.60. The molecule has 0 heterocycles. The third-order valence-electron chi connectivity index (χ3n) is 2.26. The molecule has 0 aromatic heterocycles. The van der Waals surface area contributed by atoms with Crippen LogP contribution >= 0.6 is 0 Å². The summed E-state index contributed by atoms with van der Waals surface area (Å²) < 4.78 is 40.8. The van der Waals surface area contributed by atoms with Crippen LogP contribution in [0.4, 0.5) is 0 Å². The molecule has 0 saturated carbocycles. The fraction of sp³-hybridized carbons (Fsp3) is 0.500. The average molecular weight is 318 g/mol. The standard InChI is InChI=1S/C12H16O6S.C2H6/c1-4-17-11(13)12(2,3)18-9-5-7-10(8-6-9)19(14,15)16;1-2/h5-8H,4H2,1-3H3,(H,14,15,16);1-2H3. The molecule has 0 aliphatic heterocycles. The smallest absolute Gasteiger partial charge is 0.349 e. The quantitative estimate of drug-likeness (QED) is 0.663. The molecule has 0 amide bonds. The van der Waals surface area contributed by atoms with Crippen LogP contribution in [0.15, 0.2) is 29.2 Å². The number of hydrogen-bond donors (Lipinski definition) is 1. The molecule has 1 rings (SSSR count). The van der Waals surface area contributed by atoms with Crippen LogP contribution in [0.25, 0.3) is 0 Å². The van der Waals surface area contributed by atoms with E-state index in [1.165, 1.54) is 24.3 Å². The minimum Gasteiger partial charge on any atom is -0.476 e. The van der Waals surface area contributed by atoms with Crippen molar-refractivity contribution in [2.24, 2.45) is 0 Å². The highest BCUT2D eigenvalue weighted by Crippen LogP contribution is 2.21. The van der Waals surface area contributed by atoms with Crippen molar-refractivity contribution in [2.45, 2.75) is 45.1 Å².